The number of nitrogens with zero attached hydrogens (tertiary/aromatic N) is 1. The third-order valence-corrected chi connectivity index (χ3v) is 3.40. The molecule has 1 aliphatic rings. The lowest BCUT2D eigenvalue weighted by atomic mass is 9.99. The van der Waals surface area contributed by atoms with E-state index in [1.165, 1.54) is 5.56 Å². The van der Waals surface area contributed by atoms with Gasteiger partial charge in [0.2, 0.25) is 0 Å². The van der Waals surface area contributed by atoms with Gasteiger partial charge in [-0.05, 0) is 24.6 Å². The summed E-state index contributed by atoms with van der Waals surface area (Å²) in [6.07, 6.45) is 0. The maximum Gasteiger partial charge on any atom is 0.0594 e. The minimum absolute atomic E-state index is 0.0919. The molecular weight excluding hydrogens is 236 g/mol. The van der Waals surface area contributed by atoms with E-state index in [-0.39, 0.29) is 12.1 Å². The van der Waals surface area contributed by atoms with Gasteiger partial charge in [0.05, 0.1) is 13.2 Å². The third-order valence-electron chi connectivity index (χ3n) is 3.15. The van der Waals surface area contributed by atoms with Gasteiger partial charge in [-0.15, -0.1) is 0 Å². The molecule has 0 aliphatic carbocycles. The first kappa shape index (κ1) is 12.8. The summed E-state index contributed by atoms with van der Waals surface area (Å²) in [5.41, 5.74) is 7.35. The first-order valence-electron chi connectivity index (χ1n) is 6.01. The fourth-order valence-electron chi connectivity index (χ4n) is 2.36. The van der Waals surface area contributed by atoms with Crippen LogP contribution in [0.1, 0.15) is 18.5 Å². The second kappa shape index (κ2) is 5.83. The largest absolute Gasteiger partial charge is 0.379 e. The molecule has 2 unspecified atom stereocenters. The number of hydrogen-bond donors (Lipinski definition) is 1. The predicted octanol–water partition coefficient (Wildman–Crippen LogP) is 2.06. The Hall–Kier alpha value is -0.610. The summed E-state index contributed by atoms with van der Waals surface area (Å²) in [5.74, 6) is 0. The van der Waals surface area contributed by atoms with Crippen molar-refractivity contribution < 1.29 is 4.74 Å². The van der Waals surface area contributed by atoms with Crippen LogP contribution in [0.25, 0.3) is 0 Å². The zero-order valence-electron chi connectivity index (χ0n) is 10.1. The Bertz CT molecular complexity index is 347. The molecule has 1 saturated heterocycles. The van der Waals surface area contributed by atoms with Gasteiger partial charge in [0.1, 0.15) is 0 Å². The molecular formula is C13H19ClN2O. The summed E-state index contributed by atoms with van der Waals surface area (Å²) in [5, 5.41) is 0.763. The average molecular weight is 255 g/mol. The zero-order valence-corrected chi connectivity index (χ0v) is 10.9. The molecule has 0 amide bonds. The maximum absolute atomic E-state index is 6.12. The lowest BCUT2D eigenvalue weighted by Crippen LogP contribution is -2.45. The van der Waals surface area contributed by atoms with Crippen LogP contribution in [-0.2, 0) is 4.74 Å². The van der Waals surface area contributed by atoms with Crippen LogP contribution in [0.2, 0.25) is 5.02 Å². The number of benzene rings is 1. The molecule has 2 atom stereocenters. The van der Waals surface area contributed by atoms with E-state index in [0.29, 0.717) is 0 Å². The molecule has 0 aromatic heterocycles. The molecule has 94 valence electrons. The first-order chi connectivity index (χ1) is 8.18. The molecule has 0 bridgehead atoms. The highest BCUT2D eigenvalue weighted by atomic mass is 35.5. The first-order valence-corrected chi connectivity index (χ1v) is 6.39. The molecule has 0 radical (unpaired) electrons. The molecule has 1 heterocycles. The van der Waals surface area contributed by atoms with Crippen LogP contribution < -0.4 is 5.73 Å². The Balaban J connectivity index is 2.18. The molecule has 4 heteroatoms. The molecule has 0 saturated carbocycles. The molecule has 1 aromatic carbocycles. The van der Waals surface area contributed by atoms with Crippen molar-refractivity contribution >= 4 is 11.6 Å². The average Bonchev–Trinajstić information content (AvgIpc) is 2.33. The summed E-state index contributed by atoms with van der Waals surface area (Å²) >= 11 is 5.92. The van der Waals surface area contributed by atoms with Gasteiger partial charge < -0.3 is 10.5 Å². The van der Waals surface area contributed by atoms with E-state index in [1.807, 2.05) is 12.1 Å². The van der Waals surface area contributed by atoms with Crippen LogP contribution in [0.15, 0.2) is 24.3 Å². The van der Waals surface area contributed by atoms with Crippen molar-refractivity contribution in [2.24, 2.45) is 5.73 Å². The van der Waals surface area contributed by atoms with Gasteiger partial charge in [0, 0.05) is 30.2 Å². The standard InChI is InChI=1S/C13H19ClN2O/c1-10(15)13(16-6-8-17-9-7-16)11-2-4-12(14)5-3-11/h2-5,10,13H,6-9,15H2,1H3. The van der Waals surface area contributed by atoms with Crippen LogP contribution in [0.3, 0.4) is 0 Å². The lowest BCUT2D eigenvalue weighted by Gasteiger charge is -2.37. The number of nitrogens with two attached hydrogens (primary N) is 1. The van der Waals surface area contributed by atoms with Crippen LogP contribution in [0, 0.1) is 0 Å². The molecule has 17 heavy (non-hydrogen) atoms. The highest BCUT2D eigenvalue weighted by Gasteiger charge is 2.25. The lowest BCUT2D eigenvalue weighted by molar-refractivity contribution is 0.0116. The van der Waals surface area contributed by atoms with Crippen molar-refractivity contribution in [2.45, 2.75) is 19.0 Å². The molecule has 2 rings (SSSR count). The van der Waals surface area contributed by atoms with E-state index >= 15 is 0 Å². The second-order valence-corrected chi connectivity index (χ2v) is 4.94. The number of halogens is 1. The SMILES string of the molecule is CC(N)C(c1ccc(Cl)cc1)N1CCOCC1. The van der Waals surface area contributed by atoms with Crippen LogP contribution in [0.5, 0.6) is 0 Å². The highest BCUT2D eigenvalue weighted by Crippen LogP contribution is 2.25. The Morgan fingerprint density at radius 3 is 2.35 bits per heavy atom. The number of ether oxygens (including phenoxy) is 1. The van der Waals surface area contributed by atoms with Crippen LogP contribution in [0.4, 0.5) is 0 Å². The Morgan fingerprint density at radius 1 is 1.24 bits per heavy atom. The molecule has 1 aliphatic heterocycles. The van der Waals surface area contributed by atoms with E-state index < -0.39 is 0 Å². The highest BCUT2D eigenvalue weighted by molar-refractivity contribution is 6.30. The smallest absolute Gasteiger partial charge is 0.0594 e. The van der Waals surface area contributed by atoms with Crippen LogP contribution >= 0.6 is 11.6 Å². The summed E-state index contributed by atoms with van der Waals surface area (Å²) in [6, 6.07) is 8.31. The Kier molecular flexibility index (Phi) is 4.40. The molecule has 1 fully saturated rings. The normalized spacial score (nSPS) is 21.1. The van der Waals surface area contributed by atoms with Gasteiger partial charge in [-0.3, -0.25) is 4.90 Å². The van der Waals surface area contributed by atoms with Gasteiger partial charge in [-0.1, -0.05) is 23.7 Å². The fourth-order valence-corrected chi connectivity index (χ4v) is 2.49. The van der Waals surface area contributed by atoms with Crippen molar-refractivity contribution in [2.75, 3.05) is 26.3 Å². The zero-order chi connectivity index (χ0) is 12.3. The summed E-state index contributed by atoms with van der Waals surface area (Å²) in [4.78, 5) is 2.39. The summed E-state index contributed by atoms with van der Waals surface area (Å²) in [7, 11) is 0. The van der Waals surface area contributed by atoms with Gasteiger partial charge in [0.25, 0.3) is 0 Å². The van der Waals surface area contributed by atoms with Gasteiger partial charge in [-0.2, -0.15) is 0 Å². The molecule has 1 aromatic rings. The van der Waals surface area contributed by atoms with E-state index in [2.05, 4.69) is 24.0 Å². The quantitative estimate of drug-likeness (QED) is 0.898. The maximum atomic E-state index is 6.12. The van der Waals surface area contributed by atoms with Crippen molar-refractivity contribution in [1.29, 1.82) is 0 Å². The van der Waals surface area contributed by atoms with E-state index in [0.717, 1.165) is 31.3 Å². The van der Waals surface area contributed by atoms with Gasteiger partial charge >= 0.3 is 0 Å². The second-order valence-electron chi connectivity index (χ2n) is 4.50. The summed E-state index contributed by atoms with van der Waals surface area (Å²) < 4.78 is 5.38. The van der Waals surface area contributed by atoms with E-state index in [4.69, 9.17) is 22.1 Å². The van der Waals surface area contributed by atoms with Gasteiger partial charge in [0.15, 0.2) is 0 Å². The molecule has 0 spiro atoms. The number of rotatable bonds is 3. The third kappa shape index (κ3) is 3.19. The predicted molar refractivity (Wildman–Crippen MR) is 70.2 cm³/mol. The van der Waals surface area contributed by atoms with E-state index in [1.54, 1.807) is 0 Å². The molecule has 3 nitrogen and oxygen atoms in total. The monoisotopic (exact) mass is 254 g/mol. The van der Waals surface area contributed by atoms with Crippen molar-refractivity contribution in [3.63, 3.8) is 0 Å². The number of morpholine rings is 1. The van der Waals surface area contributed by atoms with Crippen molar-refractivity contribution in [3.05, 3.63) is 34.9 Å². The minimum atomic E-state index is 0.0919. The van der Waals surface area contributed by atoms with E-state index in [9.17, 15) is 0 Å². The Labute approximate surface area is 107 Å². The number of hydrogen-bond acceptors (Lipinski definition) is 3. The Morgan fingerprint density at radius 2 is 1.82 bits per heavy atom. The minimum Gasteiger partial charge on any atom is -0.379 e. The molecule has 2 N–H and O–H groups in total. The fraction of sp³-hybridized carbons (Fsp3) is 0.538. The van der Waals surface area contributed by atoms with Crippen LogP contribution in [-0.4, -0.2) is 37.2 Å². The topological polar surface area (TPSA) is 38.5 Å². The van der Waals surface area contributed by atoms with Crippen molar-refractivity contribution in [3.8, 4) is 0 Å². The summed E-state index contributed by atoms with van der Waals surface area (Å²) in [6.45, 7) is 5.51. The van der Waals surface area contributed by atoms with Gasteiger partial charge in [-0.25, -0.2) is 0 Å². The van der Waals surface area contributed by atoms with Crippen molar-refractivity contribution in [1.82, 2.24) is 4.90 Å².